The van der Waals surface area contributed by atoms with Crippen LogP contribution in [0.5, 0.6) is 17.4 Å². The first-order valence-electron chi connectivity index (χ1n) is 12.4. The molecule has 3 aromatic rings. The number of aromatic nitrogens is 2. The molecule has 2 saturated heterocycles. The number of benzene rings is 2. The van der Waals surface area contributed by atoms with E-state index in [1.807, 2.05) is 47.4 Å². The molecule has 1 atom stereocenters. The predicted octanol–water partition coefficient (Wildman–Crippen LogP) is 4.89. The lowest BCUT2D eigenvalue weighted by Gasteiger charge is -2.33. The molecule has 182 valence electrons. The van der Waals surface area contributed by atoms with Gasteiger partial charge in [0.05, 0.1) is 7.11 Å². The summed E-state index contributed by atoms with van der Waals surface area (Å²) in [6, 6.07) is 15.5. The molecule has 2 aliphatic rings. The molecular formula is C28H32N4O3. The highest BCUT2D eigenvalue weighted by molar-refractivity contribution is 5.95. The monoisotopic (exact) mass is 472 g/mol. The van der Waals surface area contributed by atoms with Crippen LogP contribution in [0.1, 0.15) is 53.2 Å². The zero-order valence-corrected chi connectivity index (χ0v) is 20.2. The Morgan fingerprint density at radius 2 is 1.69 bits per heavy atom. The minimum absolute atomic E-state index is 0.0698. The Kier molecular flexibility index (Phi) is 7.23. The molecule has 1 amide bonds. The van der Waals surface area contributed by atoms with Gasteiger partial charge in [0.1, 0.15) is 17.2 Å². The molecule has 0 radical (unpaired) electrons. The van der Waals surface area contributed by atoms with Gasteiger partial charge in [0, 0.05) is 43.5 Å². The highest BCUT2D eigenvalue weighted by atomic mass is 16.5. The standard InChI is InChI=1S/C28H32N4O3/c1-34-23-10-12-24(13-11-23)35-27-26(29-14-15-30-27)22-8-6-18-32(20-22)28(33)25-9-3-2-7-21(25)19-31-16-4-5-17-31/h2-3,7,9-15,22H,4-6,8,16-20H2,1H3. The molecule has 0 saturated carbocycles. The van der Waals surface area contributed by atoms with E-state index in [1.165, 1.54) is 12.8 Å². The molecule has 7 nitrogen and oxygen atoms in total. The maximum atomic E-state index is 13.6. The van der Waals surface area contributed by atoms with E-state index >= 15 is 0 Å². The van der Waals surface area contributed by atoms with Gasteiger partial charge in [0.15, 0.2) is 0 Å². The summed E-state index contributed by atoms with van der Waals surface area (Å²) in [5, 5.41) is 0. The molecule has 35 heavy (non-hydrogen) atoms. The molecule has 0 N–H and O–H groups in total. The van der Waals surface area contributed by atoms with Gasteiger partial charge in [-0.1, -0.05) is 18.2 Å². The second-order valence-electron chi connectivity index (χ2n) is 9.26. The van der Waals surface area contributed by atoms with Gasteiger partial charge >= 0.3 is 0 Å². The number of methoxy groups -OCH3 is 1. The predicted molar refractivity (Wildman–Crippen MR) is 134 cm³/mol. The number of hydrogen-bond acceptors (Lipinski definition) is 6. The lowest BCUT2D eigenvalue weighted by atomic mass is 9.93. The van der Waals surface area contributed by atoms with Gasteiger partial charge in [0.25, 0.3) is 5.91 Å². The molecule has 0 bridgehead atoms. The second kappa shape index (κ2) is 10.9. The van der Waals surface area contributed by atoms with E-state index in [4.69, 9.17) is 9.47 Å². The van der Waals surface area contributed by atoms with Crippen LogP contribution in [-0.2, 0) is 6.54 Å². The fourth-order valence-corrected chi connectivity index (χ4v) is 5.05. The fourth-order valence-electron chi connectivity index (χ4n) is 5.05. The highest BCUT2D eigenvalue weighted by Crippen LogP contribution is 2.33. The van der Waals surface area contributed by atoms with Crippen molar-refractivity contribution in [2.75, 3.05) is 33.3 Å². The van der Waals surface area contributed by atoms with E-state index in [0.717, 1.165) is 61.6 Å². The Labute approximate surface area is 206 Å². The number of nitrogens with zero attached hydrogens (tertiary/aromatic N) is 4. The Bertz CT molecular complexity index is 1140. The first-order valence-corrected chi connectivity index (χ1v) is 12.4. The quantitative estimate of drug-likeness (QED) is 0.488. The van der Waals surface area contributed by atoms with Crippen LogP contribution >= 0.6 is 0 Å². The fraction of sp³-hybridized carbons (Fsp3) is 0.393. The summed E-state index contributed by atoms with van der Waals surface area (Å²) in [5.41, 5.74) is 2.73. The Morgan fingerprint density at radius 1 is 0.943 bits per heavy atom. The molecule has 3 heterocycles. The van der Waals surface area contributed by atoms with Gasteiger partial charge in [-0.2, -0.15) is 0 Å². The summed E-state index contributed by atoms with van der Waals surface area (Å²) in [7, 11) is 1.64. The van der Waals surface area contributed by atoms with Crippen LogP contribution in [0.3, 0.4) is 0 Å². The molecule has 1 unspecified atom stereocenters. The maximum absolute atomic E-state index is 13.6. The van der Waals surface area contributed by atoms with Crippen molar-refractivity contribution in [3.8, 4) is 17.4 Å². The lowest BCUT2D eigenvalue weighted by Crippen LogP contribution is -2.40. The largest absolute Gasteiger partial charge is 0.497 e. The van der Waals surface area contributed by atoms with Crippen LogP contribution in [0.4, 0.5) is 0 Å². The van der Waals surface area contributed by atoms with Crippen molar-refractivity contribution in [1.82, 2.24) is 19.8 Å². The van der Waals surface area contributed by atoms with Gasteiger partial charge in [-0.3, -0.25) is 14.7 Å². The third kappa shape index (κ3) is 5.46. The molecule has 5 rings (SSSR count). The molecule has 2 aromatic carbocycles. The molecule has 2 aliphatic heterocycles. The number of hydrogen-bond donors (Lipinski definition) is 0. The first-order chi connectivity index (χ1) is 17.2. The SMILES string of the molecule is COc1ccc(Oc2nccnc2C2CCCN(C(=O)c3ccccc3CN3CCCC3)C2)cc1. The average molecular weight is 473 g/mol. The molecule has 7 heteroatoms. The van der Waals surface area contributed by atoms with Gasteiger partial charge < -0.3 is 14.4 Å². The van der Waals surface area contributed by atoms with E-state index < -0.39 is 0 Å². The van der Waals surface area contributed by atoms with Gasteiger partial charge in [0.2, 0.25) is 5.88 Å². The zero-order chi connectivity index (χ0) is 24.0. The number of carbonyl (C=O) groups excluding carboxylic acids is 1. The first kappa shape index (κ1) is 23.3. The van der Waals surface area contributed by atoms with E-state index in [2.05, 4.69) is 20.9 Å². The second-order valence-corrected chi connectivity index (χ2v) is 9.26. The number of likely N-dealkylation sites (tertiary alicyclic amines) is 2. The summed E-state index contributed by atoms with van der Waals surface area (Å²) in [4.78, 5) is 27.1. The molecule has 0 aliphatic carbocycles. The minimum Gasteiger partial charge on any atom is -0.497 e. The van der Waals surface area contributed by atoms with Crippen LogP contribution in [0.2, 0.25) is 0 Å². The van der Waals surface area contributed by atoms with E-state index in [0.29, 0.717) is 18.2 Å². The topological polar surface area (TPSA) is 67.8 Å². The molecule has 2 fully saturated rings. The number of piperidine rings is 1. The number of carbonyl (C=O) groups is 1. The summed E-state index contributed by atoms with van der Waals surface area (Å²) in [6.07, 6.45) is 7.68. The lowest BCUT2D eigenvalue weighted by molar-refractivity contribution is 0.0702. The minimum atomic E-state index is 0.0698. The van der Waals surface area contributed by atoms with Crippen molar-refractivity contribution in [2.24, 2.45) is 0 Å². The van der Waals surface area contributed by atoms with Gasteiger partial charge in [-0.05, 0) is 74.7 Å². The Balaban J connectivity index is 1.32. The third-order valence-electron chi connectivity index (χ3n) is 6.90. The smallest absolute Gasteiger partial charge is 0.254 e. The van der Waals surface area contributed by atoms with Crippen molar-refractivity contribution in [2.45, 2.75) is 38.1 Å². The van der Waals surface area contributed by atoms with Crippen molar-refractivity contribution >= 4 is 5.91 Å². The summed E-state index contributed by atoms with van der Waals surface area (Å²) >= 11 is 0. The van der Waals surface area contributed by atoms with Crippen LogP contribution < -0.4 is 9.47 Å². The van der Waals surface area contributed by atoms with Crippen molar-refractivity contribution < 1.29 is 14.3 Å². The maximum Gasteiger partial charge on any atom is 0.254 e. The third-order valence-corrected chi connectivity index (χ3v) is 6.90. The number of amides is 1. The molecule has 0 spiro atoms. The van der Waals surface area contributed by atoms with Crippen LogP contribution in [0.25, 0.3) is 0 Å². The van der Waals surface area contributed by atoms with Crippen LogP contribution in [-0.4, -0.2) is 59.0 Å². The van der Waals surface area contributed by atoms with Crippen LogP contribution in [0.15, 0.2) is 60.9 Å². The summed E-state index contributed by atoms with van der Waals surface area (Å²) in [6.45, 7) is 4.41. The normalized spacial score (nSPS) is 18.4. The highest BCUT2D eigenvalue weighted by Gasteiger charge is 2.30. The Hall–Kier alpha value is -3.45. The summed E-state index contributed by atoms with van der Waals surface area (Å²) < 4.78 is 11.3. The van der Waals surface area contributed by atoms with E-state index in [9.17, 15) is 4.79 Å². The van der Waals surface area contributed by atoms with Crippen molar-refractivity contribution in [1.29, 1.82) is 0 Å². The molecule has 1 aromatic heterocycles. The number of rotatable bonds is 7. The van der Waals surface area contributed by atoms with Gasteiger partial charge in [-0.25, -0.2) is 4.98 Å². The average Bonchev–Trinajstić information content (AvgIpc) is 3.43. The zero-order valence-electron chi connectivity index (χ0n) is 20.2. The van der Waals surface area contributed by atoms with Gasteiger partial charge in [-0.15, -0.1) is 0 Å². The molecular weight excluding hydrogens is 440 g/mol. The van der Waals surface area contributed by atoms with Crippen LogP contribution in [0, 0.1) is 0 Å². The number of ether oxygens (including phenoxy) is 2. The summed E-state index contributed by atoms with van der Waals surface area (Å²) in [5.74, 6) is 2.10. The Morgan fingerprint density at radius 3 is 2.49 bits per heavy atom. The van der Waals surface area contributed by atoms with Crippen molar-refractivity contribution in [3.63, 3.8) is 0 Å². The van der Waals surface area contributed by atoms with Crippen molar-refractivity contribution in [3.05, 3.63) is 77.7 Å². The van der Waals surface area contributed by atoms with E-state index in [-0.39, 0.29) is 11.8 Å². The van der Waals surface area contributed by atoms with E-state index in [1.54, 1.807) is 19.5 Å².